The van der Waals surface area contributed by atoms with E-state index in [0.717, 1.165) is 12.2 Å². The van der Waals surface area contributed by atoms with Crippen LogP contribution in [0.25, 0.3) is 0 Å². The van der Waals surface area contributed by atoms with Gasteiger partial charge >= 0.3 is 0 Å². The van der Waals surface area contributed by atoms with E-state index < -0.39 is 0 Å². The molecule has 1 saturated carbocycles. The maximum Gasteiger partial charge on any atom is 0.228 e. The van der Waals surface area contributed by atoms with Gasteiger partial charge in [0.25, 0.3) is 0 Å². The molecule has 19 heavy (non-hydrogen) atoms. The molecular formula is C14H19N3OS. The molecule has 2 heterocycles. The summed E-state index contributed by atoms with van der Waals surface area (Å²) in [7, 11) is 0. The molecule has 1 atom stereocenters. The second-order valence-corrected chi connectivity index (χ2v) is 6.31. The van der Waals surface area contributed by atoms with Crippen molar-refractivity contribution in [2.75, 3.05) is 0 Å². The lowest BCUT2D eigenvalue weighted by molar-refractivity contribution is 0.339. The largest absolute Gasteiger partial charge is 0.339 e. The third kappa shape index (κ3) is 3.22. The van der Waals surface area contributed by atoms with E-state index in [1.807, 2.05) is 6.07 Å². The number of hydrogen-bond donors (Lipinski definition) is 1. The first-order valence-electron chi connectivity index (χ1n) is 6.90. The minimum absolute atomic E-state index is 0.164. The van der Waals surface area contributed by atoms with Crippen LogP contribution in [0.15, 0.2) is 22.0 Å². The van der Waals surface area contributed by atoms with Gasteiger partial charge in [-0.15, -0.1) is 11.3 Å². The summed E-state index contributed by atoms with van der Waals surface area (Å²) >= 11 is 1.71. The molecule has 0 aromatic carbocycles. The summed E-state index contributed by atoms with van der Waals surface area (Å²) in [6.07, 6.45) is 6.58. The third-order valence-corrected chi connectivity index (χ3v) is 4.71. The molecule has 3 rings (SSSR count). The molecule has 1 aliphatic carbocycles. The lowest BCUT2D eigenvalue weighted by atomic mass is 9.96. The normalized spacial score (nSPS) is 17.9. The molecule has 2 N–H and O–H groups in total. The summed E-state index contributed by atoms with van der Waals surface area (Å²) in [6.45, 7) is 0. The van der Waals surface area contributed by atoms with E-state index in [1.165, 1.54) is 30.6 Å². The molecule has 0 bridgehead atoms. The van der Waals surface area contributed by atoms with Gasteiger partial charge in [0, 0.05) is 23.8 Å². The van der Waals surface area contributed by atoms with Crippen molar-refractivity contribution < 1.29 is 4.52 Å². The lowest BCUT2D eigenvalue weighted by Crippen LogP contribution is -2.30. The Hall–Kier alpha value is -1.20. The standard InChI is InChI=1S/C14H19N3OS/c15-12(10-4-1-2-5-10)9-14-16-13(17-18-14)8-11-6-3-7-19-11/h3,6-7,10,12H,1-2,4-5,8-9,15H2. The van der Waals surface area contributed by atoms with E-state index >= 15 is 0 Å². The van der Waals surface area contributed by atoms with Gasteiger partial charge in [0.1, 0.15) is 0 Å². The molecule has 1 aliphatic rings. The second-order valence-electron chi connectivity index (χ2n) is 5.27. The average molecular weight is 277 g/mol. The summed E-state index contributed by atoms with van der Waals surface area (Å²) in [5, 5.41) is 6.10. The molecule has 0 radical (unpaired) electrons. The molecule has 0 amide bonds. The zero-order valence-corrected chi connectivity index (χ0v) is 11.7. The minimum Gasteiger partial charge on any atom is -0.339 e. The van der Waals surface area contributed by atoms with Crippen LogP contribution in [0.2, 0.25) is 0 Å². The monoisotopic (exact) mass is 277 g/mol. The zero-order valence-electron chi connectivity index (χ0n) is 10.9. The number of hydrogen-bond acceptors (Lipinski definition) is 5. The van der Waals surface area contributed by atoms with Crippen molar-refractivity contribution in [3.05, 3.63) is 34.1 Å². The number of rotatable bonds is 5. The first kappa shape index (κ1) is 12.8. The Balaban J connectivity index is 1.58. The second kappa shape index (κ2) is 5.84. The van der Waals surface area contributed by atoms with Gasteiger partial charge in [-0.1, -0.05) is 24.1 Å². The zero-order chi connectivity index (χ0) is 13.1. The molecule has 4 nitrogen and oxygen atoms in total. The van der Waals surface area contributed by atoms with Crippen LogP contribution in [0.5, 0.6) is 0 Å². The van der Waals surface area contributed by atoms with Crippen molar-refractivity contribution in [2.24, 2.45) is 11.7 Å². The first-order valence-corrected chi connectivity index (χ1v) is 7.78. The highest BCUT2D eigenvalue weighted by Crippen LogP contribution is 2.28. The Bertz CT molecular complexity index is 503. The number of thiophene rings is 1. The highest BCUT2D eigenvalue weighted by atomic mass is 32.1. The predicted octanol–water partition coefficient (Wildman–Crippen LogP) is 2.78. The van der Waals surface area contributed by atoms with Crippen molar-refractivity contribution >= 4 is 11.3 Å². The van der Waals surface area contributed by atoms with E-state index in [4.69, 9.17) is 10.3 Å². The molecule has 0 spiro atoms. The molecular weight excluding hydrogens is 258 g/mol. The van der Waals surface area contributed by atoms with Crippen molar-refractivity contribution in [3.63, 3.8) is 0 Å². The number of nitrogens with two attached hydrogens (primary N) is 1. The number of aromatic nitrogens is 2. The molecule has 1 fully saturated rings. The van der Waals surface area contributed by atoms with Gasteiger partial charge in [-0.3, -0.25) is 0 Å². The Labute approximate surface area is 117 Å². The smallest absolute Gasteiger partial charge is 0.228 e. The SMILES string of the molecule is NC(Cc1nc(Cc2cccs2)no1)C1CCCC1. The van der Waals surface area contributed by atoms with Crippen molar-refractivity contribution in [1.82, 2.24) is 10.1 Å². The molecule has 1 unspecified atom stereocenters. The van der Waals surface area contributed by atoms with Gasteiger partial charge < -0.3 is 10.3 Å². The van der Waals surface area contributed by atoms with Crippen LogP contribution < -0.4 is 5.73 Å². The Morgan fingerprint density at radius 3 is 3.00 bits per heavy atom. The van der Waals surface area contributed by atoms with E-state index in [2.05, 4.69) is 21.6 Å². The maximum absolute atomic E-state index is 6.23. The molecule has 102 valence electrons. The van der Waals surface area contributed by atoms with E-state index in [9.17, 15) is 0 Å². The summed E-state index contributed by atoms with van der Waals surface area (Å²) in [5.74, 6) is 2.08. The van der Waals surface area contributed by atoms with E-state index in [0.29, 0.717) is 18.2 Å². The first-order chi connectivity index (χ1) is 9.31. The number of nitrogens with zero attached hydrogens (tertiary/aromatic N) is 2. The Kier molecular flexibility index (Phi) is 3.94. The highest BCUT2D eigenvalue weighted by molar-refractivity contribution is 7.09. The highest BCUT2D eigenvalue weighted by Gasteiger charge is 2.24. The predicted molar refractivity (Wildman–Crippen MR) is 75.1 cm³/mol. The van der Waals surface area contributed by atoms with Crippen LogP contribution in [0.1, 0.15) is 42.3 Å². The van der Waals surface area contributed by atoms with Crippen LogP contribution in [-0.4, -0.2) is 16.2 Å². The molecule has 0 saturated heterocycles. The van der Waals surface area contributed by atoms with E-state index in [1.54, 1.807) is 11.3 Å². The van der Waals surface area contributed by atoms with Gasteiger partial charge in [0.15, 0.2) is 5.82 Å². The summed E-state index contributed by atoms with van der Waals surface area (Å²) in [4.78, 5) is 5.70. The summed E-state index contributed by atoms with van der Waals surface area (Å²) in [6, 6.07) is 4.29. The molecule has 5 heteroatoms. The van der Waals surface area contributed by atoms with Gasteiger partial charge in [-0.25, -0.2) is 0 Å². The van der Waals surface area contributed by atoms with Crippen molar-refractivity contribution in [3.8, 4) is 0 Å². The fourth-order valence-corrected chi connectivity index (χ4v) is 3.47. The van der Waals surface area contributed by atoms with Crippen molar-refractivity contribution in [1.29, 1.82) is 0 Å². The van der Waals surface area contributed by atoms with Gasteiger partial charge in [0.2, 0.25) is 5.89 Å². The third-order valence-electron chi connectivity index (χ3n) is 3.84. The fourth-order valence-electron chi connectivity index (χ4n) is 2.77. The fraction of sp³-hybridized carbons (Fsp3) is 0.571. The molecule has 2 aromatic heterocycles. The maximum atomic E-state index is 6.23. The van der Waals surface area contributed by atoms with Crippen molar-refractivity contribution in [2.45, 2.75) is 44.6 Å². The lowest BCUT2D eigenvalue weighted by Gasteiger charge is -2.16. The van der Waals surface area contributed by atoms with Gasteiger partial charge in [0.05, 0.1) is 0 Å². The molecule has 0 aliphatic heterocycles. The quantitative estimate of drug-likeness (QED) is 0.912. The topological polar surface area (TPSA) is 64.9 Å². The van der Waals surface area contributed by atoms with Gasteiger partial charge in [-0.2, -0.15) is 4.98 Å². The van der Waals surface area contributed by atoms with Crippen LogP contribution in [0, 0.1) is 5.92 Å². The van der Waals surface area contributed by atoms with Crippen LogP contribution in [0.3, 0.4) is 0 Å². The van der Waals surface area contributed by atoms with Crippen LogP contribution >= 0.6 is 11.3 Å². The van der Waals surface area contributed by atoms with Gasteiger partial charge in [-0.05, 0) is 30.2 Å². The van der Waals surface area contributed by atoms with Crippen LogP contribution in [0.4, 0.5) is 0 Å². The average Bonchev–Trinajstić information content (AvgIpc) is 3.10. The molecule has 2 aromatic rings. The summed E-state index contributed by atoms with van der Waals surface area (Å²) < 4.78 is 5.31. The van der Waals surface area contributed by atoms with E-state index in [-0.39, 0.29) is 6.04 Å². The minimum atomic E-state index is 0.164. The summed E-state index contributed by atoms with van der Waals surface area (Å²) in [5.41, 5.74) is 6.23. The Morgan fingerprint density at radius 2 is 2.26 bits per heavy atom. The van der Waals surface area contributed by atoms with Crippen LogP contribution in [-0.2, 0) is 12.8 Å². The Morgan fingerprint density at radius 1 is 1.42 bits per heavy atom.